The molecular weight excluding hydrogens is 298 g/mol. The number of fused-ring (bicyclic) bond motifs is 1. The lowest BCUT2D eigenvalue weighted by Gasteiger charge is -2.14. The molecule has 0 spiro atoms. The standard InChI is InChI=1S/C16H19N3O4/c1-4-9-17-14(20)10(2)23-16(22)13-11-7-5-6-8-12(11)15(21)19(3)18-13/h5-8,10H,4,9H2,1-3H3,(H,17,20)/t10-/m1/s1. The lowest BCUT2D eigenvalue weighted by molar-refractivity contribution is -0.129. The molecule has 0 bridgehead atoms. The van der Waals surface area contributed by atoms with Gasteiger partial charge in [-0.25, -0.2) is 9.48 Å². The molecule has 7 nitrogen and oxygen atoms in total. The molecule has 1 aromatic carbocycles. The van der Waals surface area contributed by atoms with E-state index in [-0.39, 0.29) is 17.2 Å². The van der Waals surface area contributed by atoms with Gasteiger partial charge in [0.05, 0.1) is 5.39 Å². The lowest BCUT2D eigenvalue weighted by atomic mass is 10.1. The zero-order valence-electron chi connectivity index (χ0n) is 13.3. The third-order valence-electron chi connectivity index (χ3n) is 3.35. The molecule has 1 amide bonds. The highest BCUT2D eigenvalue weighted by Crippen LogP contribution is 2.14. The van der Waals surface area contributed by atoms with Crippen LogP contribution in [0.5, 0.6) is 0 Å². The van der Waals surface area contributed by atoms with E-state index in [9.17, 15) is 14.4 Å². The minimum Gasteiger partial charge on any atom is -0.448 e. The number of nitrogens with zero attached hydrogens (tertiary/aromatic N) is 2. The van der Waals surface area contributed by atoms with Gasteiger partial charge in [-0.1, -0.05) is 25.1 Å². The van der Waals surface area contributed by atoms with Crippen molar-refractivity contribution in [3.8, 4) is 0 Å². The average Bonchev–Trinajstić information content (AvgIpc) is 2.55. The quantitative estimate of drug-likeness (QED) is 0.831. The number of aromatic nitrogens is 2. The van der Waals surface area contributed by atoms with Crippen LogP contribution in [0.25, 0.3) is 10.8 Å². The fourth-order valence-electron chi connectivity index (χ4n) is 2.11. The summed E-state index contributed by atoms with van der Waals surface area (Å²) in [4.78, 5) is 36.2. The summed E-state index contributed by atoms with van der Waals surface area (Å²) in [5.41, 5.74) is -0.288. The average molecular weight is 317 g/mol. The van der Waals surface area contributed by atoms with E-state index in [2.05, 4.69) is 10.4 Å². The summed E-state index contributed by atoms with van der Waals surface area (Å²) in [7, 11) is 1.46. The third kappa shape index (κ3) is 3.56. The van der Waals surface area contributed by atoms with Crippen molar-refractivity contribution in [2.75, 3.05) is 6.54 Å². The van der Waals surface area contributed by atoms with Gasteiger partial charge < -0.3 is 10.1 Å². The van der Waals surface area contributed by atoms with Crippen LogP contribution in [0.15, 0.2) is 29.1 Å². The Morgan fingerprint density at radius 3 is 2.61 bits per heavy atom. The molecule has 0 fully saturated rings. The highest BCUT2D eigenvalue weighted by atomic mass is 16.5. The number of nitrogens with one attached hydrogen (secondary N) is 1. The van der Waals surface area contributed by atoms with Gasteiger partial charge in [-0.3, -0.25) is 9.59 Å². The van der Waals surface area contributed by atoms with Crippen LogP contribution < -0.4 is 10.9 Å². The summed E-state index contributed by atoms with van der Waals surface area (Å²) in [6, 6.07) is 6.66. The van der Waals surface area contributed by atoms with Crippen LogP contribution in [0.2, 0.25) is 0 Å². The van der Waals surface area contributed by atoms with Crippen LogP contribution in [0.1, 0.15) is 30.8 Å². The second-order valence-corrected chi connectivity index (χ2v) is 5.16. The summed E-state index contributed by atoms with van der Waals surface area (Å²) in [6.45, 7) is 3.94. The molecule has 2 aromatic rings. The number of carbonyl (C=O) groups excluding carboxylic acids is 2. The molecule has 1 heterocycles. The topological polar surface area (TPSA) is 90.3 Å². The van der Waals surface area contributed by atoms with Gasteiger partial charge in [0.25, 0.3) is 11.5 Å². The fraction of sp³-hybridized carbons (Fsp3) is 0.375. The summed E-state index contributed by atoms with van der Waals surface area (Å²) in [5.74, 6) is -1.11. The molecule has 1 atom stereocenters. The second-order valence-electron chi connectivity index (χ2n) is 5.16. The van der Waals surface area contributed by atoms with Gasteiger partial charge in [-0.15, -0.1) is 0 Å². The molecule has 1 N–H and O–H groups in total. The largest absolute Gasteiger partial charge is 0.448 e. The van der Waals surface area contributed by atoms with Crippen molar-refractivity contribution in [3.63, 3.8) is 0 Å². The molecule has 0 aliphatic heterocycles. The van der Waals surface area contributed by atoms with E-state index in [0.717, 1.165) is 11.1 Å². The van der Waals surface area contributed by atoms with E-state index in [1.54, 1.807) is 24.3 Å². The van der Waals surface area contributed by atoms with Crippen molar-refractivity contribution >= 4 is 22.6 Å². The Hall–Kier alpha value is -2.70. The number of carbonyl (C=O) groups is 2. The number of amides is 1. The smallest absolute Gasteiger partial charge is 0.360 e. The molecule has 0 radical (unpaired) electrons. The normalized spacial score (nSPS) is 12.0. The monoisotopic (exact) mass is 317 g/mol. The van der Waals surface area contributed by atoms with Crippen molar-refractivity contribution in [2.24, 2.45) is 7.05 Å². The van der Waals surface area contributed by atoms with E-state index >= 15 is 0 Å². The number of hydrogen-bond acceptors (Lipinski definition) is 5. The van der Waals surface area contributed by atoms with E-state index in [1.807, 2.05) is 6.92 Å². The van der Waals surface area contributed by atoms with Gasteiger partial charge in [0.2, 0.25) is 0 Å². The first-order valence-corrected chi connectivity index (χ1v) is 7.40. The summed E-state index contributed by atoms with van der Waals surface area (Å²) < 4.78 is 6.25. The van der Waals surface area contributed by atoms with Gasteiger partial charge in [0.1, 0.15) is 0 Å². The van der Waals surface area contributed by atoms with Crippen LogP contribution in [0.4, 0.5) is 0 Å². The molecule has 0 saturated heterocycles. The predicted octanol–water partition coefficient (Wildman–Crippen LogP) is 1.00. The Balaban J connectivity index is 2.30. The van der Waals surface area contributed by atoms with Crippen molar-refractivity contribution in [1.29, 1.82) is 0 Å². The van der Waals surface area contributed by atoms with Crippen molar-refractivity contribution < 1.29 is 14.3 Å². The molecule has 0 aliphatic rings. The van der Waals surface area contributed by atoms with E-state index < -0.39 is 12.1 Å². The summed E-state index contributed by atoms with van der Waals surface area (Å²) in [6.07, 6.45) is -0.147. The molecule has 122 valence electrons. The van der Waals surface area contributed by atoms with Crippen LogP contribution in [-0.4, -0.2) is 34.3 Å². The number of hydrogen-bond donors (Lipinski definition) is 1. The molecule has 0 saturated carbocycles. The Labute approximate surface area is 133 Å². The number of esters is 1. The maximum absolute atomic E-state index is 12.3. The fourth-order valence-corrected chi connectivity index (χ4v) is 2.11. The van der Waals surface area contributed by atoms with Crippen LogP contribution in [0.3, 0.4) is 0 Å². The van der Waals surface area contributed by atoms with Crippen molar-refractivity contribution in [2.45, 2.75) is 26.4 Å². The van der Waals surface area contributed by atoms with Gasteiger partial charge in [-0.05, 0) is 19.4 Å². The van der Waals surface area contributed by atoms with E-state index in [1.165, 1.54) is 14.0 Å². The predicted molar refractivity (Wildman–Crippen MR) is 85.2 cm³/mol. The number of rotatable bonds is 5. The number of ether oxygens (including phenoxy) is 1. The minimum absolute atomic E-state index is 0.0119. The minimum atomic E-state index is -0.938. The Kier molecular flexibility index (Phi) is 5.10. The zero-order valence-corrected chi connectivity index (χ0v) is 13.3. The highest BCUT2D eigenvalue weighted by molar-refractivity contribution is 6.02. The SMILES string of the molecule is CCCNC(=O)[C@@H](C)OC(=O)c1nn(C)c(=O)c2ccccc12. The first-order chi connectivity index (χ1) is 11.0. The van der Waals surface area contributed by atoms with Crippen molar-refractivity contribution in [3.05, 3.63) is 40.3 Å². The molecule has 1 aromatic heterocycles. The Bertz CT molecular complexity index is 798. The lowest BCUT2D eigenvalue weighted by Crippen LogP contribution is -2.36. The molecule has 0 unspecified atom stereocenters. The Morgan fingerprint density at radius 2 is 1.96 bits per heavy atom. The summed E-state index contributed by atoms with van der Waals surface area (Å²) in [5, 5.41) is 7.41. The van der Waals surface area contributed by atoms with Gasteiger partial charge in [0, 0.05) is 19.0 Å². The van der Waals surface area contributed by atoms with Gasteiger partial charge in [0.15, 0.2) is 11.8 Å². The zero-order chi connectivity index (χ0) is 17.0. The third-order valence-corrected chi connectivity index (χ3v) is 3.35. The first-order valence-electron chi connectivity index (χ1n) is 7.40. The van der Waals surface area contributed by atoms with E-state index in [4.69, 9.17) is 4.74 Å². The maximum atomic E-state index is 12.3. The Morgan fingerprint density at radius 1 is 1.30 bits per heavy atom. The van der Waals surface area contributed by atoms with Crippen LogP contribution in [-0.2, 0) is 16.6 Å². The van der Waals surface area contributed by atoms with Crippen LogP contribution in [0, 0.1) is 0 Å². The van der Waals surface area contributed by atoms with Gasteiger partial charge in [-0.2, -0.15) is 5.10 Å². The van der Waals surface area contributed by atoms with Crippen LogP contribution >= 0.6 is 0 Å². The van der Waals surface area contributed by atoms with E-state index in [0.29, 0.717) is 17.3 Å². The highest BCUT2D eigenvalue weighted by Gasteiger charge is 2.22. The van der Waals surface area contributed by atoms with Crippen molar-refractivity contribution in [1.82, 2.24) is 15.1 Å². The second kappa shape index (κ2) is 7.04. The number of aryl methyl sites for hydroxylation is 1. The molecular formula is C16H19N3O4. The molecule has 0 aliphatic carbocycles. The van der Waals surface area contributed by atoms with Gasteiger partial charge >= 0.3 is 5.97 Å². The molecule has 7 heteroatoms. The summed E-state index contributed by atoms with van der Waals surface area (Å²) >= 11 is 0. The number of benzene rings is 1. The first kappa shape index (κ1) is 16.7. The molecule has 23 heavy (non-hydrogen) atoms. The maximum Gasteiger partial charge on any atom is 0.360 e. The molecule has 2 rings (SSSR count).